The maximum atomic E-state index is 11.7. The average molecular weight is 807 g/mol. The van der Waals surface area contributed by atoms with Crippen molar-refractivity contribution >= 4 is 88.4 Å². The van der Waals surface area contributed by atoms with Crippen LogP contribution in [0.25, 0.3) is 0 Å². The van der Waals surface area contributed by atoms with Crippen LogP contribution in [0.15, 0.2) is 0 Å². The van der Waals surface area contributed by atoms with Crippen LogP contribution in [0.4, 0.5) is 0 Å². The molecule has 0 aliphatic carbocycles. The lowest BCUT2D eigenvalue weighted by Crippen LogP contribution is -2.36. The number of ether oxygens (including phenoxy) is 1. The summed E-state index contributed by atoms with van der Waals surface area (Å²) in [6.45, 7) is 28.2. The molecule has 9 nitrogen and oxygen atoms in total. The molecule has 0 saturated heterocycles. The minimum Gasteiger partial charge on any atom is -0.381 e. The van der Waals surface area contributed by atoms with Gasteiger partial charge in [-0.1, -0.05) is 105 Å². The molecule has 0 aromatic rings. The van der Waals surface area contributed by atoms with Crippen LogP contribution >= 0.6 is 64.8 Å². The first kappa shape index (κ1) is 53.3. The average Bonchev–Trinajstić information content (AvgIpc) is 3.03. The van der Waals surface area contributed by atoms with Gasteiger partial charge >= 0.3 is 0 Å². The van der Waals surface area contributed by atoms with Gasteiger partial charge in [-0.25, -0.2) is 0 Å². The number of hydrogen-bond acceptors (Lipinski definition) is 11. The smallest absolute Gasteiger partial charge is 0.222 e. The van der Waals surface area contributed by atoms with E-state index in [1.54, 1.807) is 17.7 Å². The van der Waals surface area contributed by atoms with Gasteiger partial charge in [0.2, 0.25) is 23.6 Å². The third kappa shape index (κ3) is 44.0. The molecule has 0 atom stereocenters. The summed E-state index contributed by atoms with van der Waals surface area (Å²) in [6, 6.07) is 0. The summed E-state index contributed by atoms with van der Waals surface area (Å²) in [4.78, 5) is 44.5. The van der Waals surface area contributed by atoms with Gasteiger partial charge < -0.3 is 26.0 Å². The van der Waals surface area contributed by atoms with Crippen LogP contribution < -0.4 is 21.3 Å². The predicted molar refractivity (Wildman–Crippen MR) is 227 cm³/mol. The van der Waals surface area contributed by atoms with Gasteiger partial charge in [-0.3, -0.25) is 19.2 Å². The second-order valence-corrected chi connectivity index (χ2v) is 22.7. The van der Waals surface area contributed by atoms with Gasteiger partial charge in [-0.2, -0.15) is 0 Å². The molecule has 292 valence electrons. The minimum atomic E-state index is -0.0314. The highest BCUT2D eigenvalue weighted by molar-refractivity contribution is 8.77. The van der Waals surface area contributed by atoms with E-state index in [0.29, 0.717) is 39.1 Å². The van der Waals surface area contributed by atoms with Gasteiger partial charge in [-0.15, -0.1) is 0 Å². The number of rotatable bonds is 26. The number of hydrogen-bond donors (Lipinski definition) is 4. The van der Waals surface area contributed by atoms with Crippen LogP contribution in [-0.2, 0) is 23.9 Å². The van der Waals surface area contributed by atoms with Crippen LogP contribution in [-0.4, -0.2) is 94.5 Å². The summed E-state index contributed by atoms with van der Waals surface area (Å²) >= 11 is 0. The molecule has 4 amide bonds. The van der Waals surface area contributed by atoms with Crippen molar-refractivity contribution in [2.75, 3.05) is 56.7 Å². The molecule has 0 heterocycles. The monoisotopic (exact) mass is 806 g/mol. The normalized spacial score (nSPS) is 11.3. The van der Waals surface area contributed by atoms with E-state index in [9.17, 15) is 19.2 Å². The van der Waals surface area contributed by atoms with E-state index >= 15 is 0 Å². The van der Waals surface area contributed by atoms with Crippen molar-refractivity contribution in [1.82, 2.24) is 21.3 Å². The van der Waals surface area contributed by atoms with Crippen molar-refractivity contribution in [1.29, 1.82) is 0 Å². The Balaban J connectivity index is -0.000000674. The zero-order chi connectivity index (χ0) is 38.2. The minimum absolute atomic E-state index is 0.0204. The molecule has 0 saturated carbocycles. The molecule has 0 bridgehead atoms. The third-order valence-electron chi connectivity index (χ3n) is 5.71. The molecule has 0 fully saturated rings. The molecule has 0 aliphatic rings. The highest BCUT2D eigenvalue weighted by atomic mass is 33.1. The van der Waals surface area contributed by atoms with E-state index in [4.69, 9.17) is 4.74 Å². The topological polar surface area (TPSA) is 126 Å². The zero-order valence-electron chi connectivity index (χ0n) is 32.6. The Labute approximate surface area is 324 Å². The summed E-state index contributed by atoms with van der Waals surface area (Å²) in [6.07, 6.45) is 5.15. The van der Waals surface area contributed by atoms with Gasteiger partial charge in [0.1, 0.15) is 0 Å². The summed E-state index contributed by atoms with van der Waals surface area (Å²) in [5.41, 5.74) is 0. The van der Waals surface area contributed by atoms with Gasteiger partial charge in [0, 0.05) is 91.0 Å². The van der Waals surface area contributed by atoms with E-state index in [2.05, 4.69) is 90.5 Å². The highest BCUT2D eigenvalue weighted by Gasteiger charge is 2.21. The lowest BCUT2D eigenvalue weighted by Gasteiger charge is -2.23. The SMILES string of the molecule is CCCCCC(=O)NCC(C)(C)SSCC.CCSSC(C)(C)CNC(=O)CCOCCCNC(C)=O.CCSSC(C)(C)CNC(C)=O. The first-order chi connectivity index (χ1) is 22.9. The molecule has 49 heavy (non-hydrogen) atoms. The Kier molecular flexibility index (Phi) is 36.7. The summed E-state index contributed by atoms with van der Waals surface area (Å²) in [5.74, 6) is 3.51. The number of carbonyl (C=O) groups excluding carboxylic acids is 4. The predicted octanol–water partition coefficient (Wildman–Crippen LogP) is 8.38. The summed E-state index contributed by atoms with van der Waals surface area (Å²) in [5, 5.41) is 11.5. The Morgan fingerprint density at radius 1 is 0.531 bits per heavy atom. The molecule has 0 aliphatic heterocycles. The fourth-order valence-electron chi connectivity index (χ4n) is 3.12. The van der Waals surface area contributed by atoms with Gasteiger partial charge in [0.05, 0.1) is 6.61 Å². The van der Waals surface area contributed by atoms with E-state index in [1.165, 1.54) is 13.3 Å². The van der Waals surface area contributed by atoms with Crippen LogP contribution in [0.5, 0.6) is 0 Å². The van der Waals surface area contributed by atoms with Gasteiger partial charge in [0.25, 0.3) is 0 Å². The van der Waals surface area contributed by atoms with Crippen LogP contribution in [0.2, 0.25) is 0 Å². The van der Waals surface area contributed by atoms with Crippen LogP contribution in [0, 0.1) is 0 Å². The molecule has 0 rings (SSSR count). The van der Waals surface area contributed by atoms with Crippen molar-refractivity contribution in [2.24, 2.45) is 0 Å². The molecule has 0 spiro atoms. The van der Waals surface area contributed by atoms with Gasteiger partial charge in [-0.05, 0) is 54.4 Å². The number of unbranched alkanes of at least 4 members (excludes halogenated alkanes) is 2. The molecular weight excluding hydrogens is 737 g/mol. The zero-order valence-corrected chi connectivity index (χ0v) is 37.5. The Bertz CT molecular complexity index is 867. The fourth-order valence-corrected chi connectivity index (χ4v) is 9.29. The third-order valence-corrected chi connectivity index (χ3v) is 15.8. The quantitative estimate of drug-likeness (QED) is 0.0498. The standard InChI is InChI=1S/C14H28N2O3S2.C12H25NOS2.C8H17NOS2/c1-5-20-21-14(3,4)11-16-13(18)7-10-19-9-6-8-15-12(2)17;1-5-7-8-9-11(14)13-10-12(3,4)16-15-6-2;1-5-11-12-8(3,4)6-9-7(2)10/h5-11H2,1-4H3,(H,15,17)(H,16,18);5-10H2,1-4H3,(H,13,14);5-6H2,1-4H3,(H,9,10). The second kappa shape index (κ2) is 33.8. The largest absolute Gasteiger partial charge is 0.381 e. The van der Waals surface area contributed by atoms with E-state index in [0.717, 1.165) is 49.6 Å². The molecular formula is C34H70N4O5S6. The molecule has 15 heteroatoms. The highest BCUT2D eigenvalue weighted by Crippen LogP contribution is 2.36. The molecule has 0 aromatic heterocycles. The van der Waals surface area contributed by atoms with Crippen molar-refractivity contribution in [2.45, 2.75) is 136 Å². The van der Waals surface area contributed by atoms with Crippen LogP contribution in [0.3, 0.4) is 0 Å². The van der Waals surface area contributed by atoms with E-state index in [-0.39, 0.29) is 37.9 Å². The molecule has 0 radical (unpaired) electrons. The Morgan fingerprint density at radius 3 is 1.33 bits per heavy atom. The fraction of sp³-hybridized carbons (Fsp3) is 0.882. The van der Waals surface area contributed by atoms with Crippen molar-refractivity contribution in [3.05, 3.63) is 0 Å². The Morgan fingerprint density at radius 2 is 0.939 bits per heavy atom. The number of nitrogens with one attached hydrogen (secondary N) is 4. The second-order valence-electron chi connectivity index (χ2n) is 12.9. The molecule has 4 N–H and O–H groups in total. The summed E-state index contributed by atoms with van der Waals surface area (Å²) in [7, 11) is 11.0. The maximum absolute atomic E-state index is 11.7. The number of amides is 4. The lowest BCUT2D eigenvalue weighted by molar-refractivity contribution is -0.122. The maximum Gasteiger partial charge on any atom is 0.222 e. The lowest BCUT2D eigenvalue weighted by atomic mass is 10.2. The van der Waals surface area contributed by atoms with Crippen molar-refractivity contribution in [3.8, 4) is 0 Å². The molecule has 0 aromatic carbocycles. The first-order valence-electron chi connectivity index (χ1n) is 17.4. The first-order valence-corrected chi connectivity index (χ1v) is 24.3. The van der Waals surface area contributed by atoms with Crippen LogP contribution in [0.1, 0.15) is 122 Å². The van der Waals surface area contributed by atoms with E-state index in [1.807, 2.05) is 54.0 Å². The summed E-state index contributed by atoms with van der Waals surface area (Å²) < 4.78 is 5.66. The van der Waals surface area contributed by atoms with Crippen molar-refractivity contribution in [3.63, 3.8) is 0 Å². The number of carbonyl (C=O) groups is 4. The Hall–Kier alpha value is -0.0600. The van der Waals surface area contributed by atoms with E-state index < -0.39 is 0 Å². The van der Waals surface area contributed by atoms with Gasteiger partial charge in [0.15, 0.2) is 0 Å². The molecule has 0 unspecified atom stereocenters. The van der Waals surface area contributed by atoms with Crippen molar-refractivity contribution < 1.29 is 23.9 Å².